The molecule has 1 aromatic carbocycles. The van der Waals surface area contributed by atoms with Gasteiger partial charge in [-0.25, -0.2) is 0 Å². The maximum Gasteiger partial charge on any atom is 0.248 e. The van der Waals surface area contributed by atoms with Crippen LogP contribution in [0.25, 0.3) is 6.08 Å². The van der Waals surface area contributed by atoms with Gasteiger partial charge in [0, 0.05) is 16.6 Å². The van der Waals surface area contributed by atoms with Crippen molar-refractivity contribution in [2.24, 2.45) is 0 Å². The summed E-state index contributed by atoms with van der Waals surface area (Å²) in [7, 11) is 0. The third-order valence-electron chi connectivity index (χ3n) is 2.80. The van der Waals surface area contributed by atoms with Gasteiger partial charge < -0.3 is 5.32 Å². The molecular weight excluding hydrogens is 242 g/mol. The molecule has 1 heterocycles. The summed E-state index contributed by atoms with van der Waals surface area (Å²) in [4.78, 5) is 12.9. The lowest BCUT2D eigenvalue weighted by atomic mass is 10.1. The van der Waals surface area contributed by atoms with Gasteiger partial charge >= 0.3 is 0 Å². The summed E-state index contributed by atoms with van der Waals surface area (Å²) in [5.74, 6) is -0.0999. The first-order valence-corrected chi connectivity index (χ1v) is 6.63. The number of hydrogen-bond donors (Lipinski definition) is 1. The number of nitrogens with one attached hydrogen (secondary N) is 1. The standard InChI is InChI=1S/C15H15NOS/c1-11-5-3-7-14(12(11)2)16-15(17)9-8-13-6-4-10-18-13/h3-10H,1-2H3,(H,16,17). The predicted octanol–water partition coefficient (Wildman–Crippen LogP) is 4.02. The van der Waals surface area contributed by atoms with Crippen molar-refractivity contribution in [3.05, 3.63) is 57.8 Å². The maximum absolute atomic E-state index is 11.8. The van der Waals surface area contributed by atoms with Gasteiger partial charge in [0.15, 0.2) is 0 Å². The molecule has 0 saturated heterocycles. The Bertz CT molecular complexity index is 570. The average molecular weight is 257 g/mol. The number of carbonyl (C=O) groups excluding carboxylic acids is 1. The molecule has 0 aliphatic carbocycles. The third-order valence-corrected chi connectivity index (χ3v) is 3.64. The normalized spacial score (nSPS) is 10.8. The topological polar surface area (TPSA) is 29.1 Å². The zero-order valence-corrected chi connectivity index (χ0v) is 11.3. The highest BCUT2D eigenvalue weighted by atomic mass is 32.1. The van der Waals surface area contributed by atoms with E-state index in [0.717, 1.165) is 16.1 Å². The van der Waals surface area contributed by atoms with Crippen molar-refractivity contribution in [1.82, 2.24) is 0 Å². The molecule has 0 unspecified atom stereocenters. The minimum Gasteiger partial charge on any atom is -0.322 e. The Morgan fingerprint density at radius 2 is 2.06 bits per heavy atom. The number of benzene rings is 1. The first-order valence-electron chi connectivity index (χ1n) is 5.75. The van der Waals surface area contributed by atoms with Crippen LogP contribution in [-0.2, 0) is 4.79 Å². The van der Waals surface area contributed by atoms with Gasteiger partial charge in [-0.2, -0.15) is 0 Å². The van der Waals surface area contributed by atoms with E-state index in [2.05, 4.69) is 5.32 Å². The van der Waals surface area contributed by atoms with Gasteiger partial charge in [-0.05, 0) is 48.6 Å². The van der Waals surface area contributed by atoms with E-state index in [1.165, 1.54) is 5.56 Å². The van der Waals surface area contributed by atoms with E-state index in [0.29, 0.717) is 0 Å². The summed E-state index contributed by atoms with van der Waals surface area (Å²) in [6.45, 7) is 4.04. The van der Waals surface area contributed by atoms with Gasteiger partial charge in [-0.1, -0.05) is 18.2 Å². The summed E-state index contributed by atoms with van der Waals surface area (Å²) in [5.41, 5.74) is 3.15. The first kappa shape index (κ1) is 12.6. The van der Waals surface area contributed by atoms with E-state index in [9.17, 15) is 4.79 Å². The Hall–Kier alpha value is -1.87. The first-order chi connectivity index (χ1) is 8.66. The lowest BCUT2D eigenvalue weighted by Gasteiger charge is -2.08. The molecule has 2 aromatic rings. The Morgan fingerprint density at radius 3 is 2.78 bits per heavy atom. The summed E-state index contributed by atoms with van der Waals surface area (Å²) in [6.07, 6.45) is 3.39. The Morgan fingerprint density at radius 1 is 1.22 bits per heavy atom. The SMILES string of the molecule is Cc1cccc(NC(=O)C=Cc2cccs2)c1C. The maximum atomic E-state index is 11.8. The highest BCUT2D eigenvalue weighted by Gasteiger charge is 2.02. The minimum absolute atomic E-state index is 0.0999. The number of carbonyl (C=O) groups is 1. The second-order valence-electron chi connectivity index (χ2n) is 4.09. The van der Waals surface area contributed by atoms with Gasteiger partial charge in [0.05, 0.1) is 0 Å². The fourth-order valence-corrected chi connectivity index (χ4v) is 2.22. The van der Waals surface area contributed by atoms with E-state index >= 15 is 0 Å². The molecule has 0 aliphatic rings. The van der Waals surface area contributed by atoms with E-state index in [-0.39, 0.29) is 5.91 Å². The van der Waals surface area contributed by atoms with Crippen molar-refractivity contribution in [3.8, 4) is 0 Å². The largest absolute Gasteiger partial charge is 0.322 e. The van der Waals surface area contributed by atoms with Crippen molar-refractivity contribution in [3.63, 3.8) is 0 Å². The summed E-state index contributed by atoms with van der Waals surface area (Å²) >= 11 is 1.61. The Kier molecular flexibility index (Phi) is 3.95. The van der Waals surface area contributed by atoms with Gasteiger partial charge in [0.25, 0.3) is 0 Å². The minimum atomic E-state index is -0.0999. The van der Waals surface area contributed by atoms with Gasteiger partial charge in [-0.3, -0.25) is 4.79 Å². The zero-order chi connectivity index (χ0) is 13.0. The van der Waals surface area contributed by atoms with Crippen LogP contribution < -0.4 is 5.32 Å². The molecule has 2 nitrogen and oxygen atoms in total. The lowest BCUT2D eigenvalue weighted by molar-refractivity contribution is -0.111. The molecule has 2 rings (SSSR count). The molecule has 0 bridgehead atoms. The monoisotopic (exact) mass is 257 g/mol. The highest BCUT2D eigenvalue weighted by molar-refractivity contribution is 7.10. The summed E-state index contributed by atoms with van der Waals surface area (Å²) < 4.78 is 0. The molecule has 0 spiro atoms. The molecule has 1 aromatic heterocycles. The summed E-state index contributed by atoms with van der Waals surface area (Å²) in [5, 5.41) is 4.88. The molecule has 0 radical (unpaired) electrons. The Balaban J connectivity index is 2.05. The summed E-state index contributed by atoms with van der Waals surface area (Å²) in [6, 6.07) is 9.84. The number of thiophene rings is 1. The average Bonchev–Trinajstić information content (AvgIpc) is 2.86. The van der Waals surface area contributed by atoms with Gasteiger partial charge in [0.1, 0.15) is 0 Å². The second kappa shape index (κ2) is 5.65. The smallest absolute Gasteiger partial charge is 0.248 e. The van der Waals surface area contributed by atoms with Crippen LogP contribution in [0.5, 0.6) is 0 Å². The molecule has 18 heavy (non-hydrogen) atoms. The molecule has 0 fully saturated rings. The number of amides is 1. The second-order valence-corrected chi connectivity index (χ2v) is 5.06. The number of anilines is 1. The van der Waals surface area contributed by atoms with Crippen LogP contribution in [0.15, 0.2) is 41.8 Å². The van der Waals surface area contributed by atoms with Crippen molar-refractivity contribution in [2.75, 3.05) is 5.32 Å². The lowest BCUT2D eigenvalue weighted by Crippen LogP contribution is -2.09. The van der Waals surface area contributed by atoms with Crippen molar-refractivity contribution in [2.45, 2.75) is 13.8 Å². The molecule has 92 valence electrons. The molecule has 1 amide bonds. The number of rotatable bonds is 3. The van der Waals surface area contributed by atoms with Crippen LogP contribution in [0.3, 0.4) is 0 Å². The fraction of sp³-hybridized carbons (Fsp3) is 0.133. The van der Waals surface area contributed by atoms with E-state index in [1.54, 1.807) is 17.4 Å². The van der Waals surface area contributed by atoms with Crippen molar-refractivity contribution in [1.29, 1.82) is 0 Å². The van der Waals surface area contributed by atoms with E-state index in [4.69, 9.17) is 0 Å². The molecular formula is C15H15NOS. The molecule has 1 N–H and O–H groups in total. The predicted molar refractivity (Wildman–Crippen MR) is 77.9 cm³/mol. The highest BCUT2D eigenvalue weighted by Crippen LogP contribution is 2.18. The van der Waals surface area contributed by atoms with E-state index in [1.807, 2.05) is 55.6 Å². The van der Waals surface area contributed by atoms with Gasteiger partial charge in [0.2, 0.25) is 5.91 Å². The fourth-order valence-electron chi connectivity index (χ4n) is 1.60. The van der Waals surface area contributed by atoms with Crippen LogP contribution in [0, 0.1) is 13.8 Å². The van der Waals surface area contributed by atoms with Crippen LogP contribution >= 0.6 is 11.3 Å². The van der Waals surface area contributed by atoms with Crippen molar-refractivity contribution >= 4 is 29.0 Å². The quantitative estimate of drug-likeness (QED) is 0.827. The number of aryl methyl sites for hydroxylation is 1. The van der Waals surface area contributed by atoms with Gasteiger partial charge in [-0.15, -0.1) is 11.3 Å². The van der Waals surface area contributed by atoms with Crippen LogP contribution in [0.2, 0.25) is 0 Å². The Labute approximate surface area is 111 Å². The molecule has 0 saturated carbocycles. The number of hydrogen-bond acceptors (Lipinski definition) is 2. The third kappa shape index (κ3) is 3.08. The van der Waals surface area contributed by atoms with Crippen molar-refractivity contribution < 1.29 is 4.79 Å². The zero-order valence-electron chi connectivity index (χ0n) is 10.4. The molecule has 0 aliphatic heterocycles. The molecule has 3 heteroatoms. The van der Waals surface area contributed by atoms with Crippen LogP contribution in [0.1, 0.15) is 16.0 Å². The van der Waals surface area contributed by atoms with Crippen LogP contribution in [-0.4, -0.2) is 5.91 Å². The van der Waals surface area contributed by atoms with E-state index < -0.39 is 0 Å². The van der Waals surface area contributed by atoms with Crippen LogP contribution in [0.4, 0.5) is 5.69 Å². The molecule has 0 atom stereocenters.